The average molecular weight is 530 g/mol. The molecular formula is C28H31N5O4Si. The van der Waals surface area contributed by atoms with Gasteiger partial charge in [0.25, 0.3) is 8.32 Å². The smallest absolute Gasteiger partial charge is 0.341 e. The normalized spacial score (nSPS) is 14.5. The van der Waals surface area contributed by atoms with Gasteiger partial charge >= 0.3 is 5.97 Å². The Labute approximate surface area is 222 Å². The second-order valence-electron chi connectivity index (χ2n) is 10.9. The number of aromatic nitrogens is 3. The highest BCUT2D eigenvalue weighted by Gasteiger charge is 2.40. The van der Waals surface area contributed by atoms with Crippen LogP contribution in [0.5, 0.6) is 0 Å². The lowest BCUT2D eigenvalue weighted by Crippen LogP contribution is -2.39. The van der Waals surface area contributed by atoms with Crippen LogP contribution < -0.4 is 5.32 Å². The minimum Gasteiger partial charge on any atom is -0.465 e. The van der Waals surface area contributed by atoms with Crippen molar-refractivity contribution < 1.29 is 18.5 Å². The first-order valence-corrected chi connectivity index (χ1v) is 15.4. The van der Waals surface area contributed by atoms with Crippen LogP contribution in [-0.4, -0.2) is 42.1 Å². The number of hydrogen-bond acceptors (Lipinski definition) is 9. The number of nitrogens with zero attached hydrogens (tertiary/aromatic N) is 4. The molecular weight excluding hydrogens is 498 g/mol. The lowest BCUT2D eigenvalue weighted by Gasteiger charge is -2.33. The minimum atomic E-state index is -1.98. The maximum Gasteiger partial charge on any atom is 0.341 e. The fraction of sp³-hybridized carbons (Fsp3) is 0.321. The van der Waals surface area contributed by atoms with Crippen molar-refractivity contribution in [2.24, 2.45) is 5.16 Å². The second kappa shape index (κ2) is 9.68. The summed E-state index contributed by atoms with van der Waals surface area (Å²) in [4.78, 5) is 24.7. The largest absolute Gasteiger partial charge is 0.465 e. The van der Waals surface area contributed by atoms with Gasteiger partial charge in [0.2, 0.25) is 0 Å². The number of hydrogen-bond donors (Lipinski definition) is 1. The van der Waals surface area contributed by atoms with Crippen molar-refractivity contribution in [3.8, 4) is 11.6 Å². The number of anilines is 2. The summed E-state index contributed by atoms with van der Waals surface area (Å²) in [5, 5.41) is 9.06. The fourth-order valence-electron chi connectivity index (χ4n) is 3.99. The van der Waals surface area contributed by atoms with Crippen molar-refractivity contribution in [2.75, 3.05) is 12.4 Å². The van der Waals surface area contributed by atoms with Crippen LogP contribution in [0, 0.1) is 0 Å². The van der Waals surface area contributed by atoms with E-state index < -0.39 is 14.3 Å². The van der Waals surface area contributed by atoms with Gasteiger partial charge in [0.05, 0.1) is 30.3 Å². The van der Waals surface area contributed by atoms with Crippen molar-refractivity contribution >= 4 is 42.3 Å². The molecule has 0 atom stereocenters. The molecule has 10 heteroatoms. The number of oxime groups is 1. The van der Waals surface area contributed by atoms with Crippen LogP contribution in [0.2, 0.25) is 18.1 Å². The SMILES string of the molecule is COC(=O)c1cnc(-c2oc3cnccc3c2Nc2ccc3c(c2)CC/C3=N\O[Si](C)(C)C(C)(C)C)nc1. The van der Waals surface area contributed by atoms with Crippen LogP contribution in [0.4, 0.5) is 11.4 Å². The fourth-order valence-corrected chi connectivity index (χ4v) is 4.61. The molecule has 1 N–H and O–H groups in total. The van der Waals surface area contributed by atoms with Crippen LogP contribution >= 0.6 is 0 Å². The van der Waals surface area contributed by atoms with E-state index in [0.717, 1.165) is 40.9 Å². The third kappa shape index (κ3) is 4.79. The monoisotopic (exact) mass is 529 g/mol. The van der Waals surface area contributed by atoms with Crippen LogP contribution in [-0.2, 0) is 15.7 Å². The first-order chi connectivity index (χ1) is 18.1. The quantitative estimate of drug-likeness (QED) is 0.171. The van der Waals surface area contributed by atoms with Crippen LogP contribution in [0.3, 0.4) is 0 Å². The molecule has 3 heterocycles. The van der Waals surface area contributed by atoms with Gasteiger partial charge in [-0.05, 0) is 54.7 Å². The number of fused-ring (bicyclic) bond motifs is 2. The zero-order valence-electron chi connectivity index (χ0n) is 22.5. The predicted octanol–water partition coefficient (Wildman–Crippen LogP) is 6.49. The molecule has 0 unspecified atom stereocenters. The van der Waals surface area contributed by atoms with Gasteiger partial charge in [0, 0.05) is 35.2 Å². The molecule has 1 aliphatic carbocycles. The summed E-state index contributed by atoms with van der Waals surface area (Å²) in [6.07, 6.45) is 7.95. The van der Waals surface area contributed by atoms with Crippen LogP contribution in [0.15, 0.2) is 58.6 Å². The summed E-state index contributed by atoms with van der Waals surface area (Å²) in [6, 6.07) is 8.12. The van der Waals surface area contributed by atoms with Crippen molar-refractivity contribution in [3.63, 3.8) is 0 Å². The summed E-state index contributed by atoms with van der Waals surface area (Å²) in [5.41, 5.74) is 5.82. The van der Waals surface area contributed by atoms with E-state index in [9.17, 15) is 4.79 Å². The van der Waals surface area contributed by atoms with Gasteiger partial charge in [-0.3, -0.25) is 4.98 Å². The summed E-state index contributed by atoms with van der Waals surface area (Å²) < 4.78 is 17.0. The van der Waals surface area contributed by atoms with E-state index in [1.54, 1.807) is 12.4 Å². The Bertz CT molecular complexity index is 1540. The Morgan fingerprint density at radius 2 is 1.87 bits per heavy atom. The van der Waals surface area contributed by atoms with Crippen molar-refractivity contribution in [1.82, 2.24) is 15.0 Å². The van der Waals surface area contributed by atoms with E-state index in [-0.39, 0.29) is 10.6 Å². The van der Waals surface area contributed by atoms with Gasteiger partial charge in [0.15, 0.2) is 17.2 Å². The lowest BCUT2D eigenvalue weighted by molar-refractivity contribution is 0.0599. The summed E-state index contributed by atoms with van der Waals surface area (Å²) in [6.45, 7) is 11.0. The molecule has 0 spiro atoms. The zero-order chi connectivity index (χ0) is 27.1. The standard InChI is InChI=1S/C28H31N5O4Si/c1-28(2,3)38(5,6)37-33-22-10-7-17-13-19(8-9-20(17)22)32-24-21-11-12-29-16-23(21)36-25(24)26-30-14-18(15-31-26)27(34)35-4/h8-9,11-16,32H,7,10H2,1-6H3/b33-22+. The summed E-state index contributed by atoms with van der Waals surface area (Å²) >= 11 is 0. The number of pyridine rings is 1. The number of furan rings is 1. The number of benzene rings is 1. The van der Waals surface area contributed by atoms with E-state index >= 15 is 0 Å². The number of esters is 1. The Morgan fingerprint density at radius 1 is 1.11 bits per heavy atom. The highest BCUT2D eigenvalue weighted by molar-refractivity contribution is 6.74. The van der Waals surface area contributed by atoms with Gasteiger partial charge in [-0.1, -0.05) is 26.8 Å². The van der Waals surface area contributed by atoms with E-state index in [2.05, 4.69) is 71.4 Å². The number of rotatable bonds is 6. The molecule has 0 saturated heterocycles. The number of methoxy groups -OCH3 is 1. The van der Waals surface area contributed by atoms with E-state index in [0.29, 0.717) is 17.2 Å². The van der Waals surface area contributed by atoms with Crippen molar-refractivity contribution in [1.29, 1.82) is 0 Å². The van der Waals surface area contributed by atoms with Gasteiger partial charge in [0.1, 0.15) is 0 Å². The number of ether oxygens (including phenoxy) is 1. The van der Waals surface area contributed by atoms with Gasteiger partial charge in [-0.2, -0.15) is 0 Å². The van der Waals surface area contributed by atoms with Crippen LogP contribution in [0.25, 0.3) is 22.6 Å². The Hall–Kier alpha value is -4.05. The summed E-state index contributed by atoms with van der Waals surface area (Å²) in [5.74, 6) is 0.295. The molecule has 0 saturated carbocycles. The first-order valence-electron chi connectivity index (χ1n) is 12.5. The molecule has 196 valence electrons. The van der Waals surface area contributed by atoms with E-state index in [1.807, 2.05) is 12.1 Å². The molecule has 4 aromatic rings. The molecule has 0 radical (unpaired) electrons. The second-order valence-corrected chi connectivity index (χ2v) is 15.6. The molecule has 5 rings (SSSR count). The van der Waals surface area contributed by atoms with E-state index in [1.165, 1.54) is 25.1 Å². The maximum absolute atomic E-state index is 11.8. The topological polar surface area (TPSA) is 112 Å². The average Bonchev–Trinajstić information content (AvgIpc) is 3.47. The predicted molar refractivity (Wildman–Crippen MR) is 149 cm³/mol. The third-order valence-corrected chi connectivity index (χ3v) is 11.4. The van der Waals surface area contributed by atoms with Gasteiger partial charge < -0.3 is 19.0 Å². The van der Waals surface area contributed by atoms with Crippen molar-refractivity contribution in [2.45, 2.75) is 51.7 Å². The highest BCUT2D eigenvalue weighted by Crippen LogP contribution is 2.39. The van der Waals surface area contributed by atoms with E-state index in [4.69, 9.17) is 13.7 Å². The molecule has 1 aromatic carbocycles. The van der Waals surface area contributed by atoms with Gasteiger partial charge in [-0.15, -0.1) is 5.16 Å². The lowest BCUT2D eigenvalue weighted by atomic mass is 10.1. The maximum atomic E-state index is 11.8. The highest BCUT2D eigenvalue weighted by atomic mass is 28.4. The Kier molecular flexibility index (Phi) is 6.52. The zero-order valence-corrected chi connectivity index (χ0v) is 23.5. The first kappa shape index (κ1) is 25.6. The van der Waals surface area contributed by atoms with Crippen LogP contribution in [0.1, 0.15) is 48.7 Å². The Balaban J connectivity index is 1.45. The molecule has 0 amide bonds. The van der Waals surface area contributed by atoms with Crippen molar-refractivity contribution in [3.05, 3.63) is 65.7 Å². The molecule has 0 aliphatic heterocycles. The summed E-state index contributed by atoms with van der Waals surface area (Å²) in [7, 11) is -0.661. The third-order valence-electron chi connectivity index (χ3n) is 7.28. The molecule has 38 heavy (non-hydrogen) atoms. The molecule has 0 fully saturated rings. The number of nitrogens with one attached hydrogen (secondary N) is 1. The minimum absolute atomic E-state index is 0.0935. The number of carbonyl (C=O) groups is 1. The Morgan fingerprint density at radius 3 is 2.58 bits per heavy atom. The van der Waals surface area contributed by atoms with Gasteiger partial charge in [-0.25, -0.2) is 14.8 Å². The molecule has 1 aliphatic rings. The number of aryl methyl sites for hydroxylation is 1. The number of carbonyl (C=O) groups excluding carboxylic acids is 1. The molecule has 3 aromatic heterocycles. The molecule has 9 nitrogen and oxygen atoms in total. The molecule has 0 bridgehead atoms.